The summed E-state index contributed by atoms with van der Waals surface area (Å²) in [7, 11) is 0. The van der Waals surface area contributed by atoms with E-state index in [1.807, 2.05) is 26.0 Å². The molecule has 1 heterocycles. The van der Waals surface area contributed by atoms with Crippen LogP contribution < -0.4 is 5.32 Å². The first-order valence-corrected chi connectivity index (χ1v) is 10.2. The zero-order valence-electron chi connectivity index (χ0n) is 15.6. The monoisotopic (exact) mass is 367 g/mol. The van der Waals surface area contributed by atoms with E-state index in [1.54, 1.807) is 0 Å². The lowest BCUT2D eigenvalue weighted by molar-refractivity contribution is -0.119. The zero-order valence-corrected chi connectivity index (χ0v) is 16.4. The number of hydrogen-bond donors (Lipinski definition) is 1. The normalized spacial score (nSPS) is 19.9. The van der Waals surface area contributed by atoms with Crippen molar-refractivity contribution >= 4 is 28.6 Å². The summed E-state index contributed by atoms with van der Waals surface area (Å²) < 4.78 is 0. The molecule has 136 valence electrons. The number of pyridine rings is 1. The first-order valence-electron chi connectivity index (χ1n) is 9.22. The lowest BCUT2D eigenvalue weighted by Crippen LogP contribution is -2.41. The molecule has 1 aromatic carbocycles. The summed E-state index contributed by atoms with van der Waals surface area (Å²) in [6, 6.07) is 8.52. The quantitative estimate of drug-likeness (QED) is 0.808. The van der Waals surface area contributed by atoms with E-state index in [1.165, 1.54) is 31.0 Å². The Morgan fingerprint density at radius 2 is 2.08 bits per heavy atom. The second-order valence-electron chi connectivity index (χ2n) is 7.33. The molecule has 1 fully saturated rings. The molecule has 2 unspecified atom stereocenters. The molecule has 1 amide bonds. The number of benzene rings is 1. The van der Waals surface area contributed by atoms with E-state index in [2.05, 4.69) is 29.4 Å². The summed E-state index contributed by atoms with van der Waals surface area (Å²) in [5.41, 5.74) is 3.68. The van der Waals surface area contributed by atoms with Gasteiger partial charge in [0.05, 0.1) is 16.8 Å². The van der Waals surface area contributed by atoms with Crippen LogP contribution in [0.1, 0.15) is 49.3 Å². The predicted octanol–water partition coefficient (Wildman–Crippen LogP) is 4.51. The highest BCUT2D eigenvalue weighted by Gasteiger charge is 2.23. The summed E-state index contributed by atoms with van der Waals surface area (Å²) in [4.78, 5) is 17.0. The molecule has 1 N–H and O–H groups in total. The highest BCUT2D eigenvalue weighted by Crippen LogP contribution is 2.28. The Kier molecular flexibility index (Phi) is 5.83. The number of nitriles is 1. The van der Waals surface area contributed by atoms with Gasteiger partial charge < -0.3 is 5.32 Å². The molecule has 0 saturated heterocycles. The van der Waals surface area contributed by atoms with E-state index in [-0.39, 0.29) is 11.9 Å². The van der Waals surface area contributed by atoms with Gasteiger partial charge in [-0.25, -0.2) is 4.98 Å². The molecule has 5 heteroatoms. The molecule has 3 rings (SSSR count). The summed E-state index contributed by atoms with van der Waals surface area (Å²) in [6.07, 6.45) is 4.69. The van der Waals surface area contributed by atoms with Gasteiger partial charge in [0.25, 0.3) is 0 Å². The lowest BCUT2D eigenvalue weighted by atomic mass is 9.86. The number of amides is 1. The van der Waals surface area contributed by atoms with Gasteiger partial charge in [-0.1, -0.05) is 37.6 Å². The Balaban J connectivity index is 1.73. The SMILES string of the molecule is Cc1cc(C)c2cc(C#N)c(SCC(=O)NC3CCCCC3C)nc2c1. The molecule has 26 heavy (non-hydrogen) atoms. The Labute approximate surface area is 159 Å². The van der Waals surface area contributed by atoms with Gasteiger partial charge in [-0.3, -0.25) is 4.79 Å². The molecule has 1 aromatic heterocycles. The largest absolute Gasteiger partial charge is 0.352 e. The third kappa shape index (κ3) is 4.19. The molecule has 2 aromatic rings. The first kappa shape index (κ1) is 18.7. The highest BCUT2D eigenvalue weighted by atomic mass is 32.2. The van der Waals surface area contributed by atoms with E-state index < -0.39 is 0 Å². The minimum Gasteiger partial charge on any atom is -0.352 e. The number of carbonyl (C=O) groups is 1. The summed E-state index contributed by atoms with van der Waals surface area (Å²) in [5, 5.41) is 14.3. The van der Waals surface area contributed by atoms with E-state index in [0.29, 0.717) is 22.3 Å². The molecule has 0 radical (unpaired) electrons. The number of rotatable bonds is 4. The van der Waals surface area contributed by atoms with E-state index in [4.69, 9.17) is 0 Å². The van der Waals surface area contributed by atoms with Gasteiger partial charge in [0.1, 0.15) is 11.1 Å². The van der Waals surface area contributed by atoms with Gasteiger partial charge in [0, 0.05) is 11.4 Å². The van der Waals surface area contributed by atoms with Crippen molar-refractivity contribution in [1.29, 1.82) is 5.26 Å². The van der Waals surface area contributed by atoms with Crippen molar-refractivity contribution in [2.45, 2.75) is 57.5 Å². The molecule has 2 atom stereocenters. The third-order valence-corrected chi connectivity index (χ3v) is 6.16. The summed E-state index contributed by atoms with van der Waals surface area (Å²) in [5.74, 6) is 0.860. The van der Waals surface area contributed by atoms with E-state index in [0.717, 1.165) is 28.5 Å². The Morgan fingerprint density at radius 3 is 2.81 bits per heavy atom. The maximum absolute atomic E-state index is 12.4. The molecule has 0 spiro atoms. The smallest absolute Gasteiger partial charge is 0.230 e. The van der Waals surface area contributed by atoms with E-state index >= 15 is 0 Å². The number of carbonyl (C=O) groups excluding carboxylic acids is 1. The number of nitrogens with one attached hydrogen (secondary N) is 1. The van der Waals surface area contributed by atoms with Crippen LogP contribution in [0.4, 0.5) is 0 Å². The van der Waals surface area contributed by atoms with Crippen LogP contribution in [0.3, 0.4) is 0 Å². The van der Waals surface area contributed by atoms with Crippen LogP contribution in [-0.2, 0) is 4.79 Å². The van der Waals surface area contributed by atoms with Gasteiger partial charge in [-0.05, 0) is 55.9 Å². The topological polar surface area (TPSA) is 65.8 Å². The zero-order chi connectivity index (χ0) is 18.7. The molecule has 1 aliphatic carbocycles. The summed E-state index contributed by atoms with van der Waals surface area (Å²) in [6.45, 7) is 6.28. The van der Waals surface area contributed by atoms with Crippen molar-refractivity contribution in [1.82, 2.24) is 10.3 Å². The molecule has 0 aliphatic heterocycles. The highest BCUT2D eigenvalue weighted by molar-refractivity contribution is 8.00. The minimum atomic E-state index is 0.0277. The number of aromatic nitrogens is 1. The molecule has 1 aliphatic rings. The average molecular weight is 368 g/mol. The fourth-order valence-electron chi connectivity index (χ4n) is 3.72. The van der Waals surface area contributed by atoms with Gasteiger partial charge >= 0.3 is 0 Å². The van der Waals surface area contributed by atoms with Crippen LogP contribution in [0.25, 0.3) is 10.9 Å². The molecule has 0 bridgehead atoms. The van der Waals surface area contributed by atoms with Crippen molar-refractivity contribution in [3.05, 3.63) is 34.9 Å². The Hall–Kier alpha value is -2.06. The number of thioether (sulfide) groups is 1. The van der Waals surface area contributed by atoms with Crippen LogP contribution in [0.2, 0.25) is 0 Å². The summed E-state index contributed by atoms with van der Waals surface area (Å²) >= 11 is 1.35. The Morgan fingerprint density at radius 1 is 1.31 bits per heavy atom. The number of hydrogen-bond acceptors (Lipinski definition) is 4. The van der Waals surface area contributed by atoms with Crippen molar-refractivity contribution in [2.75, 3.05) is 5.75 Å². The first-order chi connectivity index (χ1) is 12.5. The number of nitrogens with zero attached hydrogens (tertiary/aromatic N) is 2. The third-order valence-electron chi connectivity index (χ3n) is 5.17. The maximum atomic E-state index is 12.4. The van der Waals surface area contributed by atoms with Crippen LogP contribution >= 0.6 is 11.8 Å². The van der Waals surface area contributed by atoms with Gasteiger partial charge in [0.2, 0.25) is 5.91 Å². The van der Waals surface area contributed by atoms with Crippen LogP contribution in [0.15, 0.2) is 23.2 Å². The fourth-order valence-corrected chi connectivity index (χ4v) is 4.49. The number of fused-ring (bicyclic) bond motifs is 1. The van der Waals surface area contributed by atoms with Crippen LogP contribution in [0.5, 0.6) is 0 Å². The predicted molar refractivity (Wildman–Crippen MR) is 106 cm³/mol. The molecular weight excluding hydrogens is 342 g/mol. The van der Waals surface area contributed by atoms with Crippen molar-refractivity contribution in [2.24, 2.45) is 5.92 Å². The van der Waals surface area contributed by atoms with Gasteiger partial charge in [-0.15, -0.1) is 0 Å². The second-order valence-corrected chi connectivity index (χ2v) is 8.29. The maximum Gasteiger partial charge on any atom is 0.230 e. The second kappa shape index (κ2) is 8.09. The van der Waals surface area contributed by atoms with Gasteiger partial charge in [0.15, 0.2) is 0 Å². The molecule has 1 saturated carbocycles. The van der Waals surface area contributed by atoms with Crippen molar-refractivity contribution in [3.63, 3.8) is 0 Å². The fraction of sp³-hybridized carbons (Fsp3) is 0.476. The number of aryl methyl sites for hydroxylation is 2. The van der Waals surface area contributed by atoms with Crippen LogP contribution in [0, 0.1) is 31.1 Å². The van der Waals surface area contributed by atoms with Crippen molar-refractivity contribution < 1.29 is 4.79 Å². The van der Waals surface area contributed by atoms with Gasteiger partial charge in [-0.2, -0.15) is 5.26 Å². The Bertz CT molecular complexity index is 872. The minimum absolute atomic E-state index is 0.0277. The standard InChI is InChI=1S/C21H25N3OS/c1-13-8-15(3)17-10-16(11-22)21(24-19(17)9-13)26-12-20(25)23-18-7-5-4-6-14(18)2/h8-10,14,18H,4-7,12H2,1-3H3,(H,23,25). The van der Waals surface area contributed by atoms with Crippen LogP contribution in [-0.4, -0.2) is 22.7 Å². The molecule has 4 nitrogen and oxygen atoms in total. The van der Waals surface area contributed by atoms with E-state index in [9.17, 15) is 10.1 Å². The lowest BCUT2D eigenvalue weighted by Gasteiger charge is -2.29. The molecular formula is C21H25N3OS. The van der Waals surface area contributed by atoms with Crippen molar-refractivity contribution in [3.8, 4) is 6.07 Å². The average Bonchev–Trinajstić information content (AvgIpc) is 2.61.